The van der Waals surface area contributed by atoms with Gasteiger partial charge < -0.3 is 20.7 Å². The smallest absolute Gasteiger partial charge is 0.0907 e. The van der Waals surface area contributed by atoms with Gasteiger partial charge in [-0.1, -0.05) is 5.75 Å². The van der Waals surface area contributed by atoms with Crippen LogP contribution in [0.4, 0.5) is 17.1 Å². The van der Waals surface area contributed by atoms with Gasteiger partial charge in [0, 0.05) is 5.69 Å². The molecule has 0 saturated heterocycles. The lowest BCUT2D eigenvalue weighted by molar-refractivity contribution is -0.268. The van der Waals surface area contributed by atoms with E-state index >= 15 is 0 Å². The number of rotatable bonds is 3. The molecule has 10 heteroatoms. The predicted molar refractivity (Wildman–Crippen MR) is 47.2 cm³/mol. The van der Waals surface area contributed by atoms with Gasteiger partial charge in [-0.15, -0.1) is 10.5 Å². The molecule has 0 unspecified atom stereocenters. The van der Waals surface area contributed by atoms with Gasteiger partial charge in [0.2, 0.25) is 0 Å². The summed E-state index contributed by atoms with van der Waals surface area (Å²) in [5.74, 6) is -1.21. The highest BCUT2D eigenvalue weighted by Gasteiger charge is 2.10. The molecule has 4 N–H and O–H groups in total. The van der Waals surface area contributed by atoms with Gasteiger partial charge in [-0.25, -0.2) is 0 Å². The van der Waals surface area contributed by atoms with Crippen molar-refractivity contribution < 1.29 is 25.9 Å². The second kappa shape index (κ2) is 4.36. The lowest BCUT2D eigenvalue weighted by atomic mass is 10.2. The molecule has 0 fully saturated rings. The summed E-state index contributed by atoms with van der Waals surface area (Å²) in [6.07, 6.45) is 0. The van der Waals surface area contributed by atoms with Gasteiger partial charge >= 0.3 is 0 Å². The van der Waals surface area contributed by atoms with Crippen LogP contribution in [-0.4, -0.2) is 20.8 Å². The molecular formula is C6H6N3O7-3. The first-order valence-corrected chi connectivity index (χ1v) is 3.69. The summed E-state index contributed by atoms with van der Waals surface area (Å²) < 4.78 is 0. The number of benzene rings is 1. The number of hydrogen-bond donors (Lipinski definition) is 4. The fourth-order valence-corrected chi connectivity index (χ4v) is 0.987. The molecule has 16 heavy (non-hydrogen) atoms. The van der Waals surface area contributed by atoms with Crippen LogP contribution < -0.4 is 20.8 Å². The fraction of sp³-hybridized carbons (Fsp3) is 0. The van der Waals surface area contributed by atoms with E-state index in [-0.39, 0.29) is 0 Å². The molecule has 1 aromatic carbocycles. The zero-order chi connectivity index (χ0) is 12.5. The third-order valence-electron chi connectivity index (χ3n) is 1.68. The molecule has 0 aliphatic heterocycles. The zero-order valence-corrected chi connectivity index (χ0v) is 7.51. The van der Waals surface area contributed by atoms with Crippen LogP contribution in [0.1, 0.15) is 0 Å². The molecule has 0 spiro atoms. The molecule has 0 aliphatic rings. The maximum absolute atomic E-state index is 11.3. The van der Waals surface area contributed by atoms with E-state index in [2.05, 4.69) is 0 Å². The highest BCUT2D eigenvalue weighted by Crippen LogP contribution is 2.37. The van der Waals surface area contributed by atoms with Crippen molar-refractivity contribution in [1.29, 1.82) is 0 Å². The van der Waals surface area contributed by atoms with Crippen molar-refractivity contribution >= 4 is 17.1 Å². The Kier molecular flexibility index (Phi) is 3.34. The average molecular weight is 232 g/mol. The fourth-order valence-electron chi connectivity index (χ4n) is 0.987. The highest BCUT2D eigenvalue weighted by molar-refractivity contribution is 5.76. The summed E-state index contributed by atoms with van der Waals surface area (Å²) in [5, 5.41) is 64.2. The van der Waals surface area contributed by atoms with Crippen LogP contribution >= 0.6 is 0 Å². The van der Waals surface area contributed by atoms with Crippen LogP contribution in [0.2, 0.25) is 0 Å². The van der Waals surface area contributed by atoms with E-state index in [4.69, 9.17) is 20.8 Å². The Balaban J connectivity index is 3.39. The van der Waals surface area contributed by atoms with Crippen LogP contribution in [0.15, 0.2) is 12.1 Å². The van der Waals surface area contributed by atoms with Gasteiger partial charge in [-0.05, 0) is 12.1 Å². The van der Waals surface area contributed by atoms with E-state index < -0.39 is 38.5 Å². The first kappa shape index (κ1) is 12.3. The summed E-state index contributed by atoms with van der Waals surface area (Å²) in [4.78, 5) is 0. The molecule has 90 valence electrons. The van der Waals surface area contributed by atoms with Crippen LogP contribution in [0.3, 0.4) is 0 Å². The largest absolute Gasteiger partial charge is 0.869 e. The first-order chi connectivity index (χ1) is 7.34. The minimum Gasteiger partial charge on any atom is -0.869 e. The second-order valence-corrected chi connectivity index (χ2v) is 2.65. The van der Waals surface area contributed by atoms with Crippen LogP contribution in [0.5, 0.6) is 5.75 Å². The minimum absolute atomic E-state index is 0.565. The van der Waals surface area contributed by atoms with Crippen molar-refractivity contribution in [3.63, 3.8) is 0 Å². The number of anilines is 3. The SMILES string of the molecule is [O-]c1c(N(O)O)cc(N([O-])[O-])cc1N(O)O. The molecular weight excluding hydrogens is 226 g/mol. The minimum atomic E-state index is -1.21. The van der Waals surface area contributed by atoms with E-state index in [1.165, 1.54) is 0 Å². The van der Waals surface area contributed by atoms with Crippen molar-refractivity contribution in [1.82, 2.24) is 0 Å². The predicted octanol–water partition coefficient (Wildman–Crippen LogP) is -0.268. The Hall–Kier alpha value is -1.82. The molecule has 0 atom stereocenters. The second-order valence-electron chi connectivity index (χ2n) is 2.65. The highest BCUT2D eigenvalue weighted by atomic mass is 16.8. The Bertz CT molecular complexity index is 351. The summed E-state index contributed by atoms with van der Waals surface area (Å²) in [5.41, 5.74) is -2.50. The summed E-state index contributed by atoms with van der Waals surface area (Å²) >= 11 is 0. The van der Waals surface area contributed by atoms with E-state index in [9.17, 15) is 15.5 Å². The van der Waals surface area contributed by atoms with Crippen molar-refractivity contribution in [2.24, 2.45) is 0 Å². The standard InChI is InChI=1S/C6H7N3O7/c10-6-4(8(13)14)1-3(7(11)12)2-5(6)9(15)16/h1-2,10,13-16H/q-2/p-1. The Morgan fingerprint density at radius 3 is 1.50 bits per heavy atom. The first-order valence-electron chi connectivity index (χ1n) is 3.69. The monoisotopic (exact) mass is 232 g/mol. The van der Waals surface area contributed by atoms with Gasteiger partial charge in [0.15, 0.2) is 0 Å². The summed E-state index contributed by atoms with van der Waals surface area (Å²) in [6, 6.07) is 1.13. The quantitative estimate of drug-likeness (QED) is 0.510. The van der Waals surface area contributed by atoms with Gasteiger partial charge in [-0.3, -0.25) is 20.8 Å². The normalized spacial score (nSPS) is 10.1. The Morgan fingerprint density at radius 1 is 0.875 bits per heavy atom. The third kappa shape index (κ3) is 2.22. The van der Waals surface area contributed by atoms with Gasteiger partial charge in [-0.2, -0.15) is 0 Å². The van der Waals surface area contributed by atoms with Crippen molar-refractivity contribution in [3.05, 3.63) is 22.5 Å². The maximum Gasteiger partial charge on any atom is 0.0907 e. The lowest BCUT2D eigenvalue weighted by Gasteiger charge is -2.39. The molecule has 0 amide bonds. The Labute approximate surface area is 88.0 Å². The molecule has 0 bridgehead atoms. The van der Waals surface area contributed by atoms with Gasteiger partial charge in [0.25, 0.3) is 0 Å². The lowest BCUT2D eigenvalue weighted by Crippen LogP contribution is -2.19. The molecule has 1 rings (SSSR count). The average Bonchev–Trinajstić information content (AvgIpc) is 2.16. The third-order valence-corrected chi connectivity index (χ3v) is 1.68. The van der Waals surface area contributed by atoms with Crippen molar-refractivity contribution in [2.45, 2.75) is 0 Å². The van der Waals surface area contributed by atoms with E-state index in [1.54, 1.807) is 0 Å². The summed E-state index contributed by atoms with van der Waals surface area (Å²) in [7, 11) is 0. The molecule has 10 nitrogen and oxygen atoms in total. The number of nitrogens with zero attached hydrogens (tertiary/aromatic N) is 3. The van der Waals surface area contributed by atoms with Crippen LogP contribution in [-0.2, 0) is 0 Å². The Morgan fingerprint density at radius 2 is 1.25 bits per heavy atom. The summed E-state index contributed by atoms with van der Waals surface area (Å²) in [6.45, 7) is 0. The van der Waals surface area contributed by atoms with Crippen LogP contribution in [0.25, 0.3) is 0 Å². The van der Waals surface area contributed by atoms with Gasteiger partial charge in [0.1, 0.15) is 0 Å². The zero-order valence-electron chi connectivity index (χ0n) is 7.51. The molecule has 0 aliphatic carbocycles. The number of hydrogen-bond acceptors (Lipinski definition) is 10. The molecule has 0 saturated carbocycles. The van der Waals surface area contributed by atoms with Crippen molar-refractivity contribution in [3.8, 4) is 5.75 Å². The van der Waals surface area contributed by atoms with E-state index in [1.807, 2.05) is 0 Å². The maximum atomic E-state index is 11.3. The molecule has 1 aromatic rings. The molecule has 0 heterocycles. The van der Waals surface area contributed by atoms with Crippen LogP contribution in [0, 0.1) is 10.4 Å². The van der Waals surface area contributed by atoms with Gasteiger partial charge in [0.05, 0.1) is 11.4 Å². The van der Waals surface area contributed by atoms with Crippen molar-refractivity contribution in [2.75, 3.05) is 15.7 Å². The molecule has 0 aromatic heterocycles. The molecule has 0 radical (unpaired) electrons. The topological polar surface area (TPSA) is 160 Å². The van der Waals surface area contributed by atoms with E-state index in [0.29, 0.717) is 12.1 Å². The van der Waals surface area contributed by atoms with E-state index in [0.717, 1.165) is 0 Å².